The van der Waals surface area contributed by atoms with E-state index >= 15 is 0 Å². The molecule has 0 spiro atoms. The molecule has 0 radical (unpaired) electrons. The van der Waals surface area contributed by atoms with Crippen LogP contribution in [0.25, 0.3) is 0 Å². The van der Waals surface area contributed by atoms with Crippen molar-refractivity contribution in [3.63, 3.8) is 0 Å². The third-order valence-corrected chi connectivity index (χ3v) is 5.59. The monoisotopic (exact) mass is 384 g/mol. The third kappa shape index (κ3) is 5.66. The van der Waals surface area contributed by atoms with Gasteiger partial charge >= 0.3 is 6.03 Å². The highest BCUT2D eigenvalue weighted by Crippen LogP contribution is 2.15. The minimum Gasteiger partial charge on any atom is -0.375 e. The zero-order chi connectivity index (χ0) is 19.2. The second-order valence-corrected chi connectivity index (χ2v) is 8.11. The number of carbonyl (C=O) groups is 1. The Kier molecular flexibility index (Phi) is 7.39. The molecule has 146 valence electrons. The van der Waals surface area contributed by atoms with Gasteiger partial charge in [0, 0.05) is 31.9 Å². The Morgan fingerprint density at radius 1 is 1.23 bits per heavy atom. The maximum atomic E-state index is 12.2. The summed E-state index contributed by atoms with van der Waals surface area (Å²) in [5, 5.41) is 5.65. The molecule has 1 heterocycles. The van der Waals surface area contributed by atoms with Gasteiger partial charge in [-0.1, -0.05) is 6.92 Å². The van der Waals surface area contributed by atoms with E-state index in [0.29, 0.717) is 18.8 Å². The molecule has 2 amide bonds. The van der Waals surface area contributed by atoms with Gasteiger partial charge in [-0.25, -0.2) is 17.9 Å². The maximum absolute atomic E-state index is 12.2. The molecule has 1 aliphatic heterocycles. The molecule has 0 unspecified atom stereocenters. The molecule has 1 fully saturated rings. The van der Waals surface area contributed by atoms with Crippen LogP contribution in [-0.2, 0) is 14.8 Å². The van der Waals surface area contributed by atoms with Crippen molar-refractivity contribution < 1.29 is 17.9 Å². The van der Waals surface area contributed by atoms with E-state index in [4.69, 9.17) is 4.74 Å². The van der Waals surface area contributed by atoms with E-state index < -0.39 is 10.0 Å². The fourth-order valence-electron chi connectivity index (χ4n) is 2.86. The Labute approximate surface area is 155 Å². The van der Waals surface area contributed by atoms with Crippen molar-refractivity contribution in [2.75, 3.05) is 38.6 Å². The largest absolute Gasteiger partial charge is 0.375 e. The highest BCUT2D eigenvalue weighted by molar-refractivity contribution is 7.89. The zero-order valence-corrected chi connectivity index (χ0v) is 16.3. The van der Waals surface area contributed by atoms with Gasteiger partial charge in [0.25, 0.3) is 0 Å². The van der Waals surface area contributed by atoms with Gasteiger partial charge < -0.3 is 20.3 Å². The molecule has 8 nitrogen and oxygen atoms in total. The topological polar surface area (TPSA) is 99.8 Å². The van der Waals surface area contributed by atoms with E-state index in [1.54, 1.807) is 12.1 Å². The molecule has 2 rings (SSSR count). The van der Waals surface area contributed by atoms with Crippen molar-refractivity contribution in [2.45, 2.75) is 37.3 Å². The number of hydrogen-bond acceptors (Lipinski definition) is 5. The fraction of sp³-hybridized carbons (Fsp3) is 0.588. The summed E-state index contributed by atoms with van der Waals surface area (Å²) >= 11 is 0. The summed E-state index contributed by atoms with van der Waals surface area (Å²) in [5.74, 6) is 0. The van der Waals surface area contributed by atoms with Crippen molar-refractivity contribution in [1.29, 1.82) is 0 Å². The molecule has 3 N–H and O–H groups in total. The van der Waals surface area contributed by atoms with Crippen LogP contribution in [0.4, 0.5) is 10.5 Å². The van der Waals surface area contributed by atoms with E-state index in [1.807, 2.05) is 20.9 Å². The third-order valence-electron chi connectivity index (χ3n) is 4.11. The summed E-state index contributed by atoms with van der Waals surface area (Å²) in [6, 6.07) is 5.66. The van der Waals surface area contributed by atoms with Crippen molar-refractivity contribution in [2.24, 2.45) is 0 Å². The van der Waals surface area contributed by atoms with Gasteiger partial charge in [-0.3, -0.25) is 0 Å². The first kappa shape index (κ1) is 20.6. The Balaban J connectivity index is 1.93. The number of likely N-dealkylation sites (tertiary alicyclic amines) is 1. The second kappa shape index (κ2) is 9.31. The number of likely N-dealkylation sites (N-methyl/N-ethyl adjacent to an activating group) is 1. The Morgan fingerprint density at radius 2 is 1.92 bits per heavy atom. The zero-order valence-electron chi connectivity index (χ0n) is 15.5. The van der Waals surface area contributed by atoms with Crippen LogP contribution in [0.3, 0.4) is 0 Å². The molecule has 1 aromatic carbocycles. The lowest BCUT2D eigenvalue weighted by Crippen LogP contribution is -2.45. The molecule has 9 heteroatoms. The van der Waals surface area contributed by atoms with E-state index in [1.165, 1.54) is 12.1 Å². The van der Waals surface area contributed by atoms with Crippen LogP contribution >= 0.6 is 0 Å². The standard InChI is InChI=1S/C17H28N4O4S/c1-4-10-18-26(23,24)14-8-6-13(7-9-14)19-17(22)20-15-11-21(3)12-16(15)25-5-2/h6-9,15-16,18H,4-5,10-12H2,1-3H3,(H2,19,20,22)/t15-,16-/m1/s1. The van der Waals surface area contributed by atoms with E-state index in [0.717, 1.165) is 19.5 Å². The predicted octanol–water partition coefficient (Wildman–Crippen LogP) is 1.22. The first-order valence-corrected chi connectivity index (χ1v) is 10.3. The second-order valence-electron chi connectivity index (χ2n) is 6.34. The number of anilines is 1. The molecule has 0 saturated carbocycles. The molecule has 26 heavy (non-hydrogen) atoms. The minimum atomic E-state index is -3.51. The number of hydrogen-bond donors (Lipinski definition) is 3. The van der Waals surface area contributed by atoms with E-state index in [-0.39, 0.29) is 23.1 Å². The van der Waals surface area contributed by atoms with Crippen molar-refractivity contribution in [1.82, 2.24) is 14.9 Å². The van der Waals surface area contributed by atoms with Crippen molar-refractivity contribution >= 4 is 21.7 Å². The maximum Gasteiger partial charge on any atom is 0.319 e. The van der Waals surface area contributed by atoms with Gasteiger partial charge in [0.1, 0.15) is 0 Å². The number of sulfonamides is 1. The number of urea groups is 1. The average molecular weight is 385 g/mol. The highest BCUT2D eigenvalue weighted by Gasteiger charge is 2.32. The molecule has 1 saturated heterocycles. The summed E-state index contributed by atoms with van der Waals surface area (Å²) < 4.78 is 32.3. The number of benzene rings is 1. The number of carbonyl (C=O) groups excluding carboxylic acids is 1. The molecule has 1 aromatic rings. The Hall–Kier alpha value is -1.68. The first-order valence-electron chi connectivity index (χ1n) is 8.83. The molecule has 0 aliphatic carbocycles. The smallest absolute Gasteiger partial charge is 0.319 e. The van der Waals surface area contributed by atoms with E-state index in [2.05, 4.69) is 20.3 Å². The van der Waals surface area contributed by atoms with Gasteiger partial charge in [0.2, 0.25) is 10.0 Å². The summed E-state index contributed by atoms with van der Waals surface area (Å²) in [7, 11) is -1.52. The Bertz CT molecular complexity index is 693. The molecular formula is C17H28N4O4S. The van der Waals surface area contributed by atoms with Crippen LogP contribution < -0.4 is 15.4 Å². The first-order chi connectivity index (χ1) is 12.4. The molecule has 1 aliphatic rings. The van der Waals surface area contributed by atoms with Crippen molar-refractivity contribution in [3.8, 4) is 0 Å². The predicted molar refractivity (Wildman–Crippen MR) is 101 cm³/mol. The number of nitrogens with one attached hydrogen (secondary N) is 3. The van der Waals surface area contributed by atoms with Gasteiger partial charge in [-0.2, -0.15) is 0 Å². The quantitative estimate of drug-likeness (QED) is 0.626. The van der Waals surface area contributed by atoms with Gasteiger partial charge in [-0.05, 0) is 44.7 Å². The Morgan fingerprint density at radius 3 is 2.54 bits per heavy atom. The van der Waals surface area contributed by atoms with Crippen LogP contribution in [0.2, 0.25) is 0 Å². The summed E-state index contributed by atoms with van der Waals surface area (Å²) in [6.07, 6.45) is 0.686. The SMILES string of the molecule is CCCNS(=O)(=O)c1ccc(NC(=O)N[C@@H]2CN(C)C[C@H]2OCC)cc1. The number of ether oxygens (including phenoxy) is 1. The van der Waals surface area contributed by atoms with Crippen LogP contribution in [0.5, 0.6) is 0 Å². The highest BCUT2D eigenvalue weighted by atomic mass is 32.2. The normalized spacial score (nSPS) is 20.9. The van der Waals surface area contributed by atoms with Crippen LogP contribution in [-0.4, -0.2) is 64.8 Å². The average Bonchev–Trinajstić information content (AvgIpc) is 2.93. The van der Waals surface area contributed by atoms with Gasteiger partial charge in [0.05, 0.1) is 17.0 Å². The summed E-state index contributed by atoms with van der Waals surface area (Å²) in [6.45, 7) is 6.31. The van der Waals surface area contributed by atoms with Gasteiger partial charge in [0.15, 0.2) is 0 Å². The molecule has 0 bridgehead atoms. The fourth-order valence-corrected chi connectivity index (χ4v) is 3.99. The lowest BCUT2D eigenvalue weighted by atomic mass is 10.2. The minimum absolute atomic E-state index is 0.0343. The van der Waals surface area contributed by atoms with Crippen LogP contribution in [0.1, 0.15) is 20.3 Å². The lowest BCUT2D eigenvalue weighted by Gasteiger charge is -2.20. The van der Waals surface area contributed by atoms with E-state index in [9.17, 15) is 13.2 Å². The molecule has 0 aromatic heterocycles. The summed E-state index contributed by atoms with van der Waals surface area (Å²) in [5.41, 5.74) is 0.524. The van der Waals surface area contributed by atoms with Crippen molar-refractivity contribution in [3.05, 3.63) is 24.3 Å². The number of nitrogens with zero attached hydrogens (tertiary/aromatic N) is 1. The molecule has 2 atom stereocenters. The molecular weight excluding hydrogens is 356 g/mol. The van der Waals surface area contributed by atoms with Gasteiger partial charge in [-0.15, -0.1) is 0 Å². The van der Waals surface area contributed by atoms with Crippen LogP contribution in [0.15, 0.2) is 29.2 Å². The van der Waals surface area contributed by atoms with Crippen LogP contribution in [0, 0.1) is 0 Å². The lowest BCUT2D eigenvalue weighted by molar-refractivity contribution is 0.0568. The summed E-state index contributed by atoms with van der Waals surface area (Å²) in [4.78, 5) is 14.5. The number of amides is 2. The number of rotatable bonds is 8.